The van der Waals surface area contributed by atoms with E-state index in [1.165, 1.54) is 11.1 Å². The molecule has 0 radical (unpaired) electrons. The van der Waals surface area contributed by atoms with Crippen molar-refractivity contribution in [3.63, 3.8) is 0 Å². The van der Waals surface area contributed by atoms with Crippen molar-refractivity contribution in [3.05, 3.63) is 42.5 Å². The number of aliphatic hydroxyl groups is 2. The van der Waals surface area contributed by atoms with Crippen LogP contribution in [-0.2, 0) is 6.61 Å². The second kappa shape index (κ2) is 3.37. The highest BCUT2D eigenvalue weighted by atomic mass is 16.5. The number of rotatable bonds is 2. The molecule has 1 N–H and O–H groups in total. The smallest absolute Gasteiger partial charge is 0.145 e. The van der Waals surface area contributed by atoms with Crippen LogP contribution in [0.5, 0.6) is 0 Å². The molecule has 0 aliphatic rings. The monoisotopic (exact) mass is 136 g/mol. The number of hydrogen-bond donors (Lipinski definition) is 0. The Balaban J connectivity index is 2.81. The molecule has 54 valence electrons. The predicted octanol–water partition coefficient (Wildman–Crippen LogP) is 1.81. The molecule has 0 saturated heterocycles. The molecule has 1 heteroatoms. The van der Waals surface area contributed by atoms with Gasteiger partial charge in [-0.15, -0.1) is 0 Å². The van der Waals surface area contributed by atoms with E-state index in [4.69, 9.17) is 0 Å². The van der Waals surface area contributed by atoms with E-state index in [9.17, 15) is 0 Å². The van der Waals surface area contributed by atoms with Gasteiger partial charge in [-0.25, -0.2) is 0 Å². The van der Waals surface area contributed by atoms with Crippen molar-refractivity contribution in [1.82, 2.24) is 0 Å². The van der Waals surface area contributed by atoms with Crippen molar-refractivity contribution in [2.75, 3.05) is 0 Å². The Morgan fingerprint density at radius 1 is 1.40 bits per heavy atom. The zero-order chi connectivity index (χ0) is 7.40. The number of hydrogen-bond acceptors (Lipinski definition) is 0. The van der Waals surface area contributed by atoms with Crippen molar-refractivity contribution < 1.29 is 4.74 Å². The highest BCUT2D eigenvalue weighted by Gasteiger charge is 1.94. The molecule has 0 heterocycles. The van der Waals surface area contributed by atoms with Gasteiger partial charge < -0.3 is 4.74 Å². The van der Waals surface area contributed by atoms with Gasteiger partial charge >= 0.3 is 0 Å². The molecule has 0 fully saturated rings. The molecular formula is C9H12O. The van der Waals surface area contributed by atoms with E-state index in [1.54, 1.807) is 0 Å². The SMILES string of the molecule is [CH2-][OH+]Cc1ccccc1C. The molecule has 0 spiro atoms. The summed E-state index contributed by atoms with van der Waals surface area (Å²) in [6.45, 7) is 2.81. The molecule has 0 unspecified atom stereocenters. The minimum absolute atomic E-state index is 0.729. The van der Waals surface area contributed by atoms with Gasteiger partial charge in [-0.3, -0.25) is 0 Å². The normalized spacial score (nSPS) is 9.80. The van der Waals surface area contributed by atoms with Crippen LogP contribution in [0.3, 0.4) is 0 Å². The van der Waals surface area contributed by atoms with Crippen LogP contribution < -0.4 is 0 Å². The topological polar surface area (TPSA) is 12.8 Å². The second-order valence-electron chi connectivity index (χ2n) is 2.31. The average molecular weight is 136 g/mol. The molecule has 1 aromatic rings. The van der Waals surface area contributed by atoms with Gasteiger partial charge in [0, 0.05) is 5.56 Å². The zero-order valence-corrected chi connectivity index (χ0v) is 6.17. The third kappa shape index (κ3) is 1.58. The fraction of sp³-hybridized carbons (Fsp3) is 0.222. The molecule has 0 bridgehead atoms. The molecule has 1 nitrogen and oxygen atoms in total. The maximum Gasteiger partial charge on any atom is 0.145 e. The van der Waals surface area contributed by atoms with E-state index in [-0.39, 0.29) is 0 Å². The number of benzene rings is 1. The van der Waals surface area contributed by atoms with Gasteiger partial charge in [0.15, 0.2) is 0 Å². The lowest BCUT2D eigenvalue weighted by molar-refractivity contribution is 0.0397. The minimum atomic E-state index is 0.729. The van der Waals surface area contributed by atoms with Gasteiger partial charge in [-0.05, 0) is 12.5 Å². The lowest BCUT2D eigenvalue weighted by Gasteiger charge is -2.02. The Morgan fingerprint density at radius 3 is 2.70 bits per heavy atom. The van der Waals surface area contributed by atoms with Crippen LogP contribution in [0.1, 0.15) is 11.1 Å². The standard InChI is InChI=1S/C9H12O/c1-8-5-3-4-6-9(8)7-10-2/h3-6,10H,2,7H2,1H3. The first kappa shape index (κ1) is 7.29. The van der Waals surface area contributed by atoms with E-state index in [2.05, 4.69) is 30.9 Å². The van der Waals surface area contributed by atoms with Gasteiger partial charge in [0.05, 0.1) is 0 Å². The van der Waals surface area contributed by atoms with E-state index < -0.39 is 0 Å². The molecule has 0 saturated carbocycles. The van der Waals surface area contributed by atoms with Crippen LogP contribution in [0, 0.1) is 14.0 Å². The lowest BCUT2D eigenvalue weighted by atomic mass is 10.1. The first-order valence-corrected chi connectivity index (χ1v) is 3.31. The Hall–Kier alpha value is -0.820. The average Bonchev–Trinajstić information content (AvgIpc) is 1.94. The third-order valence-electron chi connectivity index (χ3n) is 1.54. The summed E-state index contributed by atoms with van der Waals surface area (Å²) in [6, 6.07) is 8.21. The van der Waals surface area contributed by atoms with E-state index in [0.29, 0.717) is 0 Å². The molecule has 1 rings (SSSR count). The summed E-state index contributed by atoms with van der Waals surface area (Å²) in [4.78, 5) is 0. The summed E-state index contributed by atoms with van der Waals surface area (Å²) in [5.41, 5.74) is 2.55. The van der Waals surface area contributed by atoms with Crippen LogP contribution in [0.2, 0.25) is 0 Å². The van der Waals surface area contributed by atoms with Crippen LogP contribution in [0.15, 0.2) is 24.3 Å². The molecule has 1 aromatic carbocycles. The Labute approximate surface area is 61.6 Å². The quantitative estimate of drug-likeness (QED) is 0.434. The van der Waals surface area contributed by atoms with Crippen molar-refractivity contribution in [3.8, 4) is 0 Å². The first-order chi connectivity index (χ1) is 4.84. The van der Waals surface area contributed by atoms with Gasteiger partial charge in [-0.1, -0.05) is 31.4 Å². The number of aryl methyl sites for hydroxylation is 1. The highest BCUT2D eigenvalue weighted by Crippen LogP contribution is 2.06. The summed E-state index contributed by atoms with van der Waals surface area (Å²) in [5.74, 6) is 0. The fourth-order valence-corrected chi connectivity index (χ4v) is 0.908. The zero-order valence-electron chi connectivity index (χ0n) is 6.17. The Morgan fingerprint density at radius 2 is 2.10 bits per heavy atom. The molecule has 0 atom stereocenters. The maximum absolute atomic E-state index is 3.82. The first-order valence-electron chi connectivity index (χ1n) is 3.31. The summed E-state index contributed by atoms with van der Waals surface area (Å²) in [5, 5.41) is 0. The summed E-state index contributed by atoms with van der Waals surface area (Å²) in [6.07, 6.45) is 0. The van der Waals surface area contributed by atoms with Crippen LogP contribution >= 0.6 is 0 Å². The van der Waals surface area contributed by atoms with E-state index in [1.807, 2.05) is 12.1 Å². The summed E-state index contributed by atoms with van der Waals surface area (Å²) < 4.78 is 3.82. The largest absolute Gasteiger partial charge is 0.578 e. The lowest BCUT2D eigenvalue weighted by Crippen LogP contribution is -1.91. The van der Waals surface area contributed by atoms with Crippen molar-refractivity contribution >= 4 is 0 Å². The van der Waals surface area contributed by atoms with Gasteiger partial charge in [0.1, 0.15) is 6.61 Å². The van der Waals surface area contributed by atoms with Gasteiger partial charge in [0.2, 0.25) is 0 Å². The van der Waals surface area contributed by atoms with E-state index in [0.717, 1.165) is 6.61 Å². The van der Waals surface area contributed by atoms with Crippen molar-refractivity contribution in [1.29, 1.82) is 0 Å². The van der Waals surface area contributed by atoms with Crippen molar-refractivity contribution in [2.45, 2.75) is 13.5 Å². The maximum atomic E-state index is 3.82. The predicted molar refractivity (Wildman–Crippen MR) is 42.5 cm³/mol. The van der Waals surface area contributed by atoms with Crippen LogP contribution in [-0.4, -0.2) is 4.74 Å². The molecule has 0 aliphatic heterocycles. The number of ether oxygens (including phenoxy) is 1. The van der Waals surface area contributed by atoms with E-state index >= 15 is 0 Å². The van der Waals surface area contributed by atoms with Crippen LogP contribution in [0.25, 0.3) is 0 Å². The second-order valence-corrected chi connectivity index (χ2v) is 2.31. The summed E-state index contributed by atoms with van der Waals surface area (Å²) in [7, 11) is 3.45. The molecule has 0 aromatic heterocycles. The van der Waals surface area contributed by atoms with Crippen molar-refractivity contribution in [2.24, 2.45) is 0 Å². The minimum Gasteiger partial charge on any atom is -0.578 e. The Kier molecular flexibility index (Phi) is 2.46. The summed E-state index contributed by atoms with van der Waals surface area (Å²) >= 11 is 0. The fourth-order valence-electron chi connectivity index (χ4n) is 0.908. The van der Waals surface area contributed by atoms with Gasteiger partial charge in [-0.2, -0.15) is 0 Å². The highest BCUT2D eigenvalue weighted by molar-refractivity contribution is 5.24. The molecule has 0 aliphatic carbocycles. The molecular weight excluding hydrogens is 124 g/mol. The van der Waals surface area contributed by atoms with Gasteiger partial charge in [0.25, 0.3) is 0 Å². The Bertz CT molecular complexity index is 206. The van der Waals surface area contributed by atoms with Crippen LogP contribution in [0.4, 0.5) is 0 Å². The molecule has 0 amide bonds. The third-order valence-corrected chi connectivity index (χ3v) is 1.54. The molecule has 10 heavy (non-hydrogen) atoms.